The van der Waals surface area contributed by atoms with Gasteiger partial charge in [0.15, 0.2) is 6.10 Å². The minimum Gasteiger partial charge on any atom is -0.496 e. The molecule has 3 aromatic rings. The fourth-order valence-electron chi connectivity index (χ4n) is 13.5. The number of aliphatic hydroxyl groups excluding tert-OH is 1. The van der Waals surface area contributed by atoms with Crippen molar-refractivity contribution in [3.63, 3.8) is 0 Å². The first-order valence-corrected chi connectivity index (χ1v) is 21.2. The zero-order valence-corrected chi connectivity index (χ0v) is 35.2. The number of aromatic nitrogens is 1. The number of aliphatic hydroxyl groups is 2. The van der Waals surface area contributed by atoms with Gasteiger partial charge in [-0.15, -0.1) is 0 Å². The number of anilines is 1. The van der Waals surface area contributed by atoms with Gasteiger partial charge in [0.1, 0.15) is 11.2 Å². The van der Waals surface area contributed by atoms with Crippen molar-refractivity contribution in [2.75, 3.05) is 66.0 Å². The topological polar surface area (TPSA) is 154 Å². The molecule has 1 aromatic heterocycles. The molecule has 3 unspecified atom stereocenters. The van der Waals surface area contributed by atoms with Crippen molar-refractivity contribution in [3.05, 3.63) is 70.9 Å². The number of H-pyrrole nitrogens is 1. The second-order valence-electron chi connectivity index (χ2n) is 18.0. The molecule has 13 nitrogen and oxygen atoms in total. The van der Waals surface area contributed by atoms with Crippen molar-refractivity contribution in [1.82, 2.24) is 14.8 Å². The highest BCUT2D eigenvalue weighted by Crippen LogP contribution is 2.68. The molecule has 2 saturated heterocycles. The Labute approximate surface area is 345 Å². The molecule has 2 aromatic carbocycles. The number of rotatable bonds is 7. The number of aromatic amines is 1. The Bertz CT molecular complexity index is 2240. The molecule has 3 N–H and O–H groups in total. The van der Waals surface area contributed by atoms with Crippen LogP contribution < -0.4 is 9.64 Å². The van der Waals surface area contributed by atoms with Gasteiger partial charge in [0.05, 0.1) is 33.5 Å². The van der Waals surface area contributed by atoms with E-state index >= 15 is 4.79 Å². The van der Waals surface area contributed by atoms with Crippen molar-refractivity contribution in [2.45, 2.75) is 93.6 Å². The molecule has 2 bridgehead atoms. The molecular formula is C46H58N4O9. The third kappa shape index (κ3) is 5.13. The summed E-state index contributed by atoms with van der Waals surface area (Å²) in [5.74, 6) is -2.20. The summed E-state index contributed by atoms with van der Waals surface area (Å²) in [6, 6.07) is 11.0. The van der Waals surface area contributed by atoms with Gasteiger partial charge in [-0.25, -0.2) is 4.79 Å². The third-order valence-corrected chi connectivity index (χ3v) is 15.8. The van der Waals surface area contributed by atoms with Gasteiger partial charge in [0.25, 0.3) is 0 Å². The standard InChI is InChI=1S/C46H58N4O9/c1-8-27-24-49-19-15-29-28-13-10-11-14-33(28)47-34(29)23-45(41(53)57-6,32(25-49)37(27)52)31-21-30-35(22-36(31)56-5)48(4)39-44(30)17-20-50-18-12-16-43(9-2,38(44)50)40(59-26(3)51)46(39,55)42(54)58-7/h10-14,16,21-22,27,32,37-40,47,52,55H,8-9,15,17-20,23-25H2,1-7H3/t27-,32?,37-,38?,39+,40+,43+,44+,45+,46-/m0/s1. The molecule has 5 aliphatic heterocycles. The van der Waals surface area contributed by atoms with Crippen molar-refractivity contribution >= 4 is 34.5 Å². The SMILES string of the molecule is CC[C@H]1CN2CCc3c([nH]c4ccccc34)C[C@@](C(=O)OC)(c3cc4c(cc3OC)N(C)[C@H]3[C@@](O)(C(=O)OC)[C@H](OC(C)=O)[C@]5(CC)C=CCN6CC[C@]43C65)C(C2)[C@H]1O. The summed E-state index contributed by atoms with van der Waals surface area (Å²) < 4.78 is 23.9. The number of methoxy groups -OCH3 is 3. The van der Waals surface area contributed by atoms with E-state index in [0.29, 0.717) is 50.3 Å². The van der Waals surface area contributed by atoms with E-state index in [1.165, 1.54) is 21.1 Å². The van der Waals surface area contributed by atoms with Crippen LogP contribution in [-0.2, 0) is 52.3 Å². The number of carbonyl (C=O) groups is 3. The van der Waals surface area contributed by atoms with Gasteiger partial charge in [-0.1, -0.05) is 44.2 Å². The van der Waals surface area contributed by atoms with Gasteiger partial charge in [-0.3, -0.25) is 14.5 Å². The normalized spacial score (nSPS) is 37.0. The lowest BCUT2D eigenvalue weighted by Gasteiger charge is -2.63. The number of hydrogen-bond acceptors (Lipinski definition) is 12. The second kappa shape index (κ2) is 14.1. The molecular weight excluding hydrogens is 753 g/mol. The van der Waals surface area contributed by atoms with Gasteiger partial charge in [0.2, 0.25) is 5.60 Å². The molecule has 59 heavy (non-hydrogen) atoms. The highest BCUT2D eigenvalue weighted by molar-refractivity contribution is 5.90. The van der Waals surface area contributed by atoms with Gasteiger partial charge in [-0.05, 0) is 61.4 Å². The predicted molar refractivity (Wildman–Crippen MR) is 220 cm³/mol. The summed E-state index contributed by atoms with van der Waals surface area (Å²) in [6.07, 6.45) is 4.73. The maximum Gasteiger partial charge on any atom is 0.344 e. The molecule has 6 heterocycles. The van der Waals surface area contributed by atoms with Crippen LogP contribution in [0.5, 0.6) is 5.75 Å². The number of benzene rings is 2. The molecule has 9 rings (SSSR count). The molecule has 6 aliphatic rings. The van der Waals surface area contributed by atoms with Crippen LogP contribution in [0.4, 0.5) is 5.69 Å². The lowest BCUT2D eigenvalue weighted by Crippen LogP contribution is -2.81. The largest absolute Gasteiger partial charge is 0.496 e. The molecule has 0 radical (unpaired) electrons. The summed E-state index contributed by atoms with van der Waals surface area (Å²) in [5.41, 5.74) is -0.449. The Morgan fingerprint density at radius 1 is 0.983 bits per heavy atom. The minimum atomic E-state index is -2.31. The molecule has 1 spiro atoms. The van der Waals surface area contributed by atoms with Crippen LogP contribution in [0.15, 0.2) is 48.6 Å². The van der Waals surface area contributed by atoms with Gasteiger partial charge in [0, 0.05) is 103 Å². The highest BCUT2D eigenvalue weighted by Gasteiger charge is 2.80. The van der Waals surface area contributed by atoms with Crippen LogP contribution in [0, 0.1) is 17.3 Å². The monoisotopic (exact) mass is 810 g/mol. The summed E-state index contributed by atoms with van der Waals surface area (Å²) in [6.45, 7) is 8.64. The van der Waals surface area contributed by atoms with Gasteiger partial charge in [-0.2, -0.15) is 0 Å². The van der Waals surface area contributed by atoms with Crippen LogP contribution in [0.25, 0.3) is 10.9 Å². The Morgan fingerprint density at radius 2 is 1.75 bits per heavy atom. The zero-order valence-electron chi connectivity index (χ0n) is 35.2. The lowest BCUT2D eigenvalue weighted by molar-refractivity contribution is -0.228. The van der Waals surface area contributed by atoms with Crippen LogP contribution in [0.3, 0.4) is 0 Å². The Balaban J connectivity index is 1.36. The number of likely N-dealkylation sites (N-methyl/N-ethyl adjacent to an activating group) is 1. The summed E-state index contributed by atoms with van der Waals surface area (Å²) in [7, 11) is 6.12. The number of fused-ring (bicyclic) bond motifs is 6. The average molecular weight is 811 g/mol. The molecule has 3 fully saturated rings. The van der Waals surface area contributed by atoms with E-state index in [0.717, 1.165) is 52.8 Å². The number of para-hydroxylation sites is 1. The summed E-state index contributed by atoms with van der Waals surface area (Å²) >= 11 is 0. The van der Waals surface area contributed by atoms with Crippen LogP contribution in [0.2, 0.25) is 0 Å². The predicted octanol–water partition coefficient (Wildman–Crippen LogP) is 3.65. The van der Waals surface area contributed by atoms with E-state index in [2.05, 4.69) is 46.0 Å². The zero-order chi connectivity index (χ0) is 41.8. The minimum absolute atomic E-state index is 0.0882. The lowest BCUT2D eigenvalue weighted by atomic mass is 9.47. The fourth-order valence-corrected chi connectivity index (χ4v) is 13.5. The van der Waals surface area contributed by atoms with E-state index < -0.39 is 63.9 Å². The smallest absolute Gasteiger partial charge is 0.344 e. The number of hydrogen-bond donors (Lipinski definition) is 3. The van der Waals surface area contributed by atoms with Crippen LogP contribution in [-0.4, -0.2) is 134 Å². The Morgan fingerprint density at radius 3 is 2.44 bits per heavy atom. The van der Waals surface area contributed by atoms with Gasteiger partial charge >= 0.3 is 17.9 Å². The van der Waals surface area contributed by atoms with E-state index in [9.17, 15) is 19.8 Å². The highest BCUT2D eigenvalue weighted by atomic mass is 16.6. The molecule has 316 valence electrons. The molecule has 11 atom stereocenters. The Kier molecular flexibility index (Phi) is 9.54. The molecule has 0 amide bonds. The first-order chi connectivity index (χ1) is 28.3. The number of esters is 3. The van der Waals surface area contributed by atoms with E-state index in [1.54, 1.807) is 7.11 Å². The summed E-state index contributed by atoms with van der Waals surface area (Å²) in [4.78, 5) is 53.1. The molecule has 13 heteroatoms. The average Bonchev–Trinajstić information content (AvgIpc) is 3.89. The quantitative estimate of drug-likeness (QED) is 0.182. The summed E-state index contributed by atoms with van der Waals surface area (Å²) in [5, 5.41) is 27.0. The van der Waals surface area contributed by atoms with E-state index in [-0.39, 0.29) is 18.4 Å². The first-order valence-electron chi connectivity index (χ1n) is 21.2. The fraction of sp³-hybridized carbons (Fsp3) is 0.587. The third-order valence-electron chi connectivity index (χ3n) is 15.8. The number of carbonyl (C=O) groups excluding carboxylic acids is 3. The number of nitrogens with one attached hydrogen (secondary N) is 1. The van der Waals surface area contributed by atoms with Crippen LogP contribution >= 0.6 is 0 Å². The maximum absolute atomic E-state index is 15.3. The van der Waals surface area contributed by atoms with Crippen molar-refractivity contribution in [2.24, 2.45) is 17.3 Å². The van der Waals surface area contributed by atoms with E-state index in [1.807, 2.05) is 43.1 Å². The molecule has 1 aliphatic carbocycles. The van der Waals surface area contributed by atoms with Crippen LogP contribution in [0.1, 0.15) is 62.4 Å². The second-order valence-corrected chi connectivity index (χ2v) is 18.0. The number of nitrogens with zero attached hydrogens (tertiary/aromatic N) is 3. The first kappa shape index (κ1) is 40.0. The number of ether oxygens (including phenoxy) is 4. The molecule has 1 saturated carbocycles. The van der Waals surface area contributed by atoms with E-state index in [4.69, 9.17) is 18.9 Å². The maximum atomic E-state index is 15.3. The Hall–Kier alpha value is -4.43. The van der Waals surface area contributed by atoms with Crippen molar-refractivity contribution in [1.29, 1.82) is 0 Å². The van der Waals surface area contributed by atoms with Crippen molar-refractivity contribution < 1.29 is 43.5 Å². The van der Waals surface area contributed by atoms with Crippen molar-refractivity contribution in [3.8, 4) is 5.75 Å². The van der Waals surface area contributed by atoms with Gasteiger partial charge < -0.3 is 43.9 Å². The number of piperidine rings is 1.